The number of methoxy groups -OCH3 is 1. The number of para-hydroxylation sites is 2. The number of amides is 1. The second-order valence-corrected chi connectivity index (χ2v) is 6.81. The average molecular weight is 374 g/mol. The molecule has 28 heavy (non-hydrogen) atoms. The number of carbonyl (C=O) groups excluding carboxylic acids is 1. The maximum absolute atomic E-state index is 12.6. The van der Waals surface area contributed by atoms with Crippen LogP contribution in [0.1, 0.15) is 18.2 Å². The van der Waals surface area contributed by atoms with Gasteiger partial charge in [0.1, 0.15) is 5.75 Å². The number of hydrogen-bond donors (Lipinski definition) is 1. The molecule has 2 aromatic carbocycles. The predicted octanol–water partition coefficient (Wildman–Crippen LogP) is 3.75. The minimum atomic E-state index is -0.121. The molecule has 0 aliphatic carbocycles. The highest BCUT2D eigenvalue weighted by Crippen LogP contribution is 2.36. The van der Waals surface area contributed by atoms with E-state index in [1.807, 2.05) is 54.7 Å². The van der Waals surface area contributed by atoms with Crippen molar-refractivity contribution in [3.05, 3.63) is 60.6 Å². The average Bonchev–Trinajstić information content (AvgIpc) is 3.46. The van der Waals surface area contributed by atoms with E-state index >= 15 is 0 Å². The maximum atomic E-state index is 12.6. The van der Waals surface area contributed by atoms with Crippen molar-refractivity contribution in [3.8, 4) is 17.2 Å². The van der Waals surface area contributed by atoms with Crippen LogP contribution in [0.5, 0.6) is 5.75 Å². The van der Waals surface area contributed by atoms with Crippen LogP contribution in [0.15, 0.2) is 59.3 Å². The molecule has 140 valence electrons. The molecule has 1 amide bonds. The summed E-state index contributed by atoms with van der Waals surface area (Å²) in [6.45, 7) is 0.494. The van der Waals surface area contributed by atoms with Crippen molar-refractivity contribution in [1.82, 2.24) is 15.1 Å². The molecule has 1 saturated heterocycles. The lowest BCUT2D eigenvalue weighted by molar-refractivity contribution is -0.117. The smallest absolute Gasteiger partial charge is 0.258 e. The SMILES string of the molecule is COc1ccccc1N1CC(c2noc(-c3ccc4cc[nH]c4c3)n2)CC1=O. The van der Waals surface area contributed by atoms with Crippen LogP contribution in [0, 0.1) is 0 Å². The molecule has 2 aromatic heterocycles. The third-order valence-corrected chi connectivity index (χ3v) is 5.11. The number of aromatic nitrogens is 3. The molecule has 7 nitrogen and oxygen atoms in total. The molecule has 1 atom stereocenters. The van der Waals surface area contributed by atoms with Crippen molar-refractivity contribution < 1.29 is 14.1 Å². The van der Waals surface area contributed by atoms with E-state index in [4.69, 9.17) is 9.26 Å². The quantitative estimate of drug-likeness (QED) is 0.588. The number of rotatable bonds is 4. The number of nitrogens with zero attached hydrogens (tertiary/aromatic N) is 3. The van der Waals surface area contributed by atoms with E-state index in [0.717, 1.165) is 22.2 Å². The number of carbonyl (C=O) groups is 1. The fourth-order valence-electron chi connectivity index (χ4n) is 3.66. The summed E-state index contributed by atoms with van der Waals surface area (Å²) in [5.41, 5.74) is 2.62. The third-order valence-electron chi connectivity index (χ3n) is 5.11. The second kappa shape index (κ2) is 6.53. The summed E-state index contributed by atoms with van der Waals surface area (Å²) < 4.78 is 10.9. The molecule has 5 rings (SSSR count). The molecule has 1 unspecified atom stereocenters. The first-order valence-electron chi connectivity index (χ1n) is 9.07. The zero-order chi connectivity index (χ0) is 19.1. The first-order valence-corrected chi connectivity index (χ1v) is 9.07. The maximum Gasteiger partial charge on any atom is 0.258 e. The molecule has 0 spiro atoms. The van der Waals surface area contributed by atoms with Crippen molar-refractivity contribution >= 4 is 22.5 Å². The fourth-order valence-corrected chi connectivity index (χ4v) is 3.66. The second-order valence-electron chi connectivity index (χ2n) is 6.81. The molecule has 7 heteroatoms. The molecule has 1 aliphatic heterocycles. The number of fused-ring (bicyclic) bond motifs is 1. The number of ether oxygens (including phenoxy) is 1. The Morgan fingerprint density at radius 1 is 1.21 bits per heavy atom. The topological polar surface area (TPSA) is 84.2 Å². The molecular formula is C21H18N4O3. The highest BCUT2D eigenvalue weighted by atomic mass is 16.5. The van der Waals surface area contributed by atoms with Crippen molar-refractivity contribution in [2.75, 3.05) is 18.6 Å². The lowest BCUT2D eigenvalue weighted by atomic mass is 10.1. The summed E-state index contributed by atoms with van der Waals surface area (Å²) in [4.78, 5) is 22.1. The van der Waals surface area contributed by atoms with Crippen molar-refractivity contribution in [3.63, 3.8) is 0 Å². The van der Waals surface area contributed by atoms with Gasteiger partial charge in [0.15, 0.2) is 5.82 Å². The number of benzene rings is 2. The zero-order valence-corrected chi connectivity index (χ0v) is 15.3. The molecule has 1 aliphatic rings. The third kappa shape index (κ3) is 2.72. The van der Waals surface area contributed by atoms with Crippen LogP contribution >= 0.6 is 0 Å². The van der Waals surface area contributed by atoms with Gasteiger partial charge in [-0.25, -0.2) is 0 Å². The Morgan fingerprint density at radius 3 is 3.00 bits per heavy atom. The van der Waals surface area contributed by atoms with Crippen molar-refractivity contribution in [1.29, 1.82) is 0 Å². The highest BCUT2D eigenvalue weighted by Gasteiger charge is 2.35. The Kier molecular flexibility index (Phi) is 3.86. The first kappa shape index (κ1) is 16.6. The molecular weight excluding hydrogens is 356 g/mol. The Hall–Kier alpha value is -3.61. The van der Waals surface area contributed by atoms with Gasteiger partial charge in [0.25, 0.3) is 5.89 Å². The van der Waals surface area contributed by atoms with Crippen LogP contribution < -0.4 is 9.64 Å². The van der Waals surface area contributed by atoms with E-state index in [1.54, 1.807) is 12.0 Å². The standard InChI is InChI=1S/C21H18N4O3/c1-27-18-5-3-2-4-17(18)25-12-15(11-19(25)26)20-23-21(28-24-20)14-7-6-13-8-9-22-16(13)10-14/h2-10,15,22H,11-12H2,1H3. The Balaban J connectivity index is 1.41. The van der Waals surface area contributed by atoms with Crippen molar-refractivity contribution in [2.24, 2.45) is 0 Å². The summed E-state index contributed by atoms with van der Waals surface area (Å²) in [7, 11) is 1.60. The Labute approximate surface area is 160 Å². The zero-order valence-electron chi connectivity index (χ0n) is 15.3. The summed E-state index contributed by atoms with van der Waals surface area (Å²) >= 11 is 0. The number of H-pyrrole nitrogens is 1. The van der Waals surface area contributed by atoms with Gasteiger partial charge in [0.05, 0.1) is 12.8 Å². The van der Waals surface area contributed by atoms with Gasteiger partial charge < -0.3 is 19.1 Å². The van der Waals surface area contributed by atoms with Gasteiger partial charge in [-0.3, -0.25) is 4.79 Å². The van der Waals surface area contributed by atoms with Gasteiger partial charge in [-0.2, -0.15) is 4.98 Å². The number of anilines is 1. The Morgan fingerprint density at radius 2 is 2.11 bits per heavy atom. The molecule has 0 saturated carbocycles. The van der Waals surface area contributed by atoms with Crippen LogP contribution in [0.2, 0.25) is 0 Å². The summed E-state index contributed by atoms with van der Waals surface area (Å²) in [6.07, 6.45) is 2.23. The lowest BCUT2D eigenvalue weighted by Gasteiger charge is -2.18. The van der Waals surface area contributed by atoms with E-state index in [0.29, 0.717) is 30.4 Å². The molecule has 1 N–H and O–H groups in total. The van der Waals surface area contributed by atoms with Crippen LogP contribution in [0.3, 0.4) is 0 Å². The van der Waals surface area contributed by atoms with Gasteiger partial charge in [0.2, 0.25) is 5.91 Å². The van der Waals surface area contributed by atoms with Gasteiger partial charge >= 0.3 is 0 Å². The monoisotopic (exact) mass is 374 g/mol. The van der Waals surface area contributed by atoms with Crippen LogP contribution in [0.4, 0.5) is 5.69 Å². The molecule has 1 fully saturated rings. The lowest BCUT2D eigenvalue weighted by Crippen LogP contribution is -2.24. The fraction of sp³-hybridized carbons (Fsp3) is 0.190. The van der Waals surface area contributed by atoms with Crippen LogP contribution in [0.25, 0.3) is 22.4 Å². The van der Waals surface area contributed by atoms with E-state index in [1.165, 1.54) is 0 Å². The largest absolute Gasteiger partial charge is 0.495 e. The van der Waals surface area contributed by atoms with E-state index in [-0.39, 0.29) is 11.8 Å². The van der Waals surface area contributed by atoms with Crippen LogP contribution in [-0.4, -0.2) is 34.7 Å². The molecule has 3 heterocycles. The predicted molar refractivity (Wildman–Crippen MR) is 104 cm³/mol. The minimum Gasteiger partial charge on any atom is -0.495 e. The van der Waals surface area contributed by atoms with E-state index < -0.39 is 0 Å². The van der Waals surface area contributed by atoms with Gasteiger partial charge in [0, 0.05) is 36.2 Å². The highest BCUT2D eigenvalue weighted by molar-refractivity contribution is 5.97. The normalized spacial score (nSPS) is 16.8. The van der Waals surface area contributed by atoms with Gasteiger partial charge in [-0.15, -0.1) is 0 Å². The molecule has 0 bridgehead atoms. The number of aromatic amines is 1. The van der Waals surface area contributed by atoms with E-state index in [9.17, 15) is 4.79 Å². The van der Waals surface area contributed by atoms with Gasteiger partial charge in [-0.1, -0.05) is 23.4 Å². The minimum absolute atomic E-state index is 0.0219. The number of nitrogens with one attached hydrogen (secondary N) is 1. The van der Waals surface area contributed by atoms with Crippen molar-refractivity contribution in [2.45, 2.75) is 12.3 Å². The number of hydrogen-bond acceptors (Lipinski definition) is 5. The molecule has 0 radical (unpaired) electrons. The summed E-state index contributed by atoms with van der Waals surface area (Å²) in [5.74, 6) is 1.57. The summed E-state index contributed by atoms with van der Waals surface area (Å²) in [5, 5.41) is 5.26. The van der Waals surface area contributed by atoms with Crippen LogP contribution in [-0.2, 0) is 4.79 Å². The summed E-state index contributed by atoms with van der Waals surface area (Å²) in [6, 6.07) is 15.4. The van der Waals surface area contributed by atoms with E-state index in [2.05, 4.69) is 15.1 Å². The van der Waals surface area contributed by atoms with Gasteiger partial charge in [-0.05, 0) is 35.7 Å². The molecule has 4 aromatic rings. The first-order chi connectivity index (χ1) is 13.7. The Bertz CT molecular complexity index is 1160.